The van der Waals surface area contributed by atoms with Gasteiger partial charge < -0.3 is 10.1 Å². The van der Waals surface area contributed by atoms with Crippen molar-refractivity contribution < 1.29 is 9.53 Å². The van der Waals surface area contributed by atoms with Gasteiger partial charge in [0.15, 0.2) is 0 Å². The zero-order chi connectivity index (χ0) is 16.8. The SMILES string of the molecule is COc1cccc(CCC(=O)NCc2ccnc3ccccc23)c1. The Bertz CT molecular complexity index is 840. The minimum Gasteiger partial charge on any atom is -0.497 e. The number of hydrogen-bond donors (Lipinski definition) is 1. The molecule has 0 aliphatic heterocycles. The van der Waals surface area contributed by atoms with Crippen LogP contribution < -0.4 is 10.1 Å². The number of pyridine rings is 1. The predicted molar refractivity (Wildman–Crippen MR) is 94.9 cm³/mol. The number of carbonyl (C=O) groups is 1. The van der Waals surface area contributed by atoms with E-state index in [1.165, 1.54) is 0 Å². The van der Waals surface area contributed by atoms with Gasteiger partial charge in [-0.2, -0.15) is 0 Å². The van der Waals surface area contributed by atoms with E-state index in [0.29, 0.717) is 19.4 Å². The van der Waals surface area contributed by atoms with E-state index in [0.717, 1.165) is 27.8 Å². The maximum Gasteiger partial charge on any atom is 0.220 e. The average Bonchev–Trinajstić information content (AvgIpc) is 2.64. The summed E-state index contributed by atoms with van der Waals surface area (Å²) in [6.07, 6.45) is 2.93. The highest BCUT2D eigenvalue weighted by Crippen LogP contribution is 2.16. The smallest absolute Gasteiger partial charge is 0.220 e. The predicted octanol–water partition coefficient (Wildman–Crippen LogP) is 3.49. The molecule has 0 saturated heterocycles. The Morgan fingerprint density at radius 2 is 2.00 bits per heavy atom. The van der Waals surface area contributed by atoms with E-state index < -0.39 is 0 Å². The van der Waals surface area contributed by atoms with E-state index in [1.54, 1.807) is 13.3 Å². The van der Waals surface area contributed by atoms with Crippen LogP contribution in [0.5, 0.6) is 5.75 Å². The van der Waals surface area contributed by atoms with E-state index >= 15 is 0 Å². The highest BCUT2D eigenvalue weighted by atomic mass is 16.5. The van der Waals surface area contributed by atoms with Crippen LogP contribution in [0.3, 0.4) is 0 Å². The van der Waals surface area contributed by atoms with Crippen molar-refractivity contribution >= 4 is 16.8 Å². The van der Waals surface area contributed by atoms with E-state index in [-0.39, 0.29) is 5.91 Å². The summed E-state index contributed by atoms with van der Waals surface area (Å²) in [6.45, 7) is 0.514. The van der Waals surface area contributed by atoms with Crippen LogP contribution in [-0.2, 0) is 17.8 Å². The molecule has 0 atom stereocenters. The van der Waals surface area contributed by atoms with Gasteiger partial charge in [0.25, 0.3) is 0 Å². The fourth-order valence-corrected chi connectivity index (χ4v) is 2.68. The molecule has 3 rings (SSSR count). The number of amides is 1. The molecule has 4 nitrogen and oxygen atoms in total. The average molecular weight is 320 g/mol. The number of fused-ring (bicyclic) bond motifs is 1. The Morgan fingerprint density at radius 1 is 1.12 bits per heavy atom. The number of rotatable bonds is 6. The maximum atomic E-state index is 12.1. The van der Waals surface area contributed by atoms with E-state index in [2.05, 4.69) is 10.3 Å². The number of nitrogens with one attached hydrogen (secondary N) is 1. The van der Waals surface area contributed by atoms with Crippen LogP contribution in [0.25, 0.3) is 10.9 Å². The van der Waals surface area contributed by atoms with Gasteiger partial charge in [0.2, 0.25) is 5.91 Å². The largest absolute Gasteiger partial charge is 0.497 e. The number of methoxy groups -OCH3 is 1. The Morgan fingerprint density at radius 3 is 2.88 bits per heavy atom. The molecule has 1 aromatic heterocycles. The standard InChI is InChI=1S/C20H20N2O2/c1-24-17-6-4-5-15(13-17)9-10-20(23)22-14-16-11-12-21-19-8-3-2-7-18(16)19/h2-8,11-13H,9-10,14H2,1H3,(H,22,23). The molecule has 0 spiro atoms. The molecular formula is C20H20N2O2. The van der Waals surface area contributed by atoms with E-state index in [1.807, 2.05) is 54.6 Å². The summed E-state index contributed by atoms with van der Waals surface area (Å²) >= 11 is 0. The van der Waals surface area contributed by atoms with Gasteiger partial charge in [-0.05, 0) is 41.8 Å². The summed E-state index contributed by atoms with van der Waals surface area (Å²) in [7, 11) is 1.64. The quantitative estimate of drug-likeness (QED) is 0.756. The second-order valence-electron chi connectivity index (χ2n) is 5.62. The van der Waals surface area contributed by atoms with Crippen molar-refractivity contribution in [3.63, 3.8) is 0 Å². The molecule has 3 aromatic rings. The van der Waals surface area contributed by atoms with Crippen molar-refractivity contribution in [3.8, 4) is 5.75 Å². The molecule has 4 heteroatoms. The molecule has 0 bridgehead atoms. The van der Waals surface area contributed by atoms with Crippen molar-refractivity contribution in [3.05, 3.63) is 71.9 Å². The first-order valence-corrected chi connectivity index (χ1v) is 7.98. The van der Waals surface area contributed by atoms with Crippen LogP contribution in [0.2, 0.25) is 0 Å². The third-order valence-corrected chi connectivity index (χ3v) is 3.99. The lowest BCUT2D eigenvalue weighted by Gasteiger charge is -2.08. The molecule has 2 aromatic carbocycles. The fraction of sp³-hybridized carbons (Fsp3) is 0.200. The molecule has 0 aliphatic carbocycles. The zero-order valence-electron chi connectivity index (χ0n) is 13.7. The van der Waals surface area contributed by atoms with Crippen LogP contribution in [0.15, 0.2) is 60.8 Å². The number of ether oxygens (including phenoxy) is 1. The third-order valence-electron chi connectivity index (χ3n) is 3.99. The molecule has 122 valence electrons. The van der Waals surface area contributed by atoms with Gasteiger partial charge in [-0.15, -0.1) is 0 Å². The molecule has 1 amide bonds. The molecule has 0 saturated carbocycles. The molecule has 1 heterocycles. The number of aromatic nitrogens is 1. The summed E-state index contributed by atoms with van der Waals surface area (Å²) in [4.78, 5) is 16.5. The minimum absolute atomic E-state index is 0.0405. The highest BCUT2D eigenvalue weighted by molar-refractivity contribution is 5.82. The van der Waals surface area contributed by atoms with Crippen LogP contribution in [0.4, 0.5) is 0 Å². The summed E-state index contributed by atoms with van der Waals surface area (Å²) in [5, 5.41) is 4.07. The zero-order valence-corrected chi connectivity index (χ0v) is 13.7. The highest BCUT2D eigenvalue weighted by Gasteiger charge is 2.05. The second kappa shape index (κ2) is 7.59. The summed E-state index contributed by atoms with van der Waals surface area (Å²) < 4.78 is 5.20. The first-order chi connectivity index (χ1) is 11.8. The molecule has 1 N–H and O–H groups in total. The summed E-state index contributed by atoms with van der Waals surface area (Å²) in [6, 6.07) is 17.7. The Balaban J connectivity index is 1.57. The van der Waals surface area contributed by atoms with Crippen molar-refractivity contribution in [2.75, 3.05) is 7.11 Å². The molecule has 24 heavy (non-hydrogen) atoms. The second-order valence-corrected chi connectivity index (χ2v) is 5.62. The van der Waals surface area contributed by atoms with Gasteiger partial charge in [0.1, 0.15) is 5.75 Å². The van der Waals surface area contributed by atoms with E-state index in [9.17, 15) is 4.79 Å². The Labute approximate surface area is 141 Å². The first kappa shape index (κ1) is 16.0. The van der Waals surface area contributed by atoms with Crippen LogP contribution in [0.1, 0.15) is 17.5 Å². The van der Waals surface area contributed by atoms with Crippen molar-refractivity contribution in [1.82, 2.24) is 10.3 Å². The molecule has 0 unspecified atom stereocenters. The van der Waals surface area contributed by atoms with Crippen LogP contribution in [-0.4, -0.2) is 18.0 Å². The van der Waals surface area contributed by atoms with Gasteiger partial charge >= 0.3 is 0 Å². The van der Waals surface area contributed by atoms with Gasteiger partial charge in [0.05, 0.1) is 12.6 Å². The third kappa shape index (κ3) is 3.90. The van der Waals surface area contributed by atoms with Gasteiger partial charge in [-0.1, -0.05) is 30.3 Å². The summed E-state index contributed by atoms with van der Waals surface area (Å²) in [5.74, 6) is 0.856. The number of para-hydroxylation sites is 1. The maximum absolute atomic E-state index is 12.1. The Hall–Kier alpha value is -2.88. The van der Waals surface area contributed by atoms with Gasteiger partial charge in [0, 0.05) is 24.5 Å². The lowest BCUT2D eigenvalue weighted by atomic mass is 10.1. The number of nitrogens with zero attached hydrogens (tertiary/aromatic N) is 1. The topological polar surface area (TPSA) is 51.2 Å². The fourth-order valence-electron chi connectivity index (χ4n) is 2.68. The lowest BCUT2D eigenvalue weighted by Crippen LogP contribution is -2.23. The van der Waals surface area contributed by atoms with Gasteiger partial charge in [-0.25, -0.2) is 0 Å². The first-order valence-electron chi connectivity index (χ1n) is 7.98. The van der Waals surface area contributed by atoms with Gasteiger partial charge in [-0.3, -0.25) is 9.78 Å². The number of aryl methyl sites for hydroxylation is 1. The molecule has 0 aliphatic rings. The van der Waals surface area contributed by atoms with Crippen molar-refractivity contribution in [2.45, 2.75) is 19.4 Å². The molecule has 0 fully saturated rings. The van der Waals surface area contributed by atoms with Crippen LogP contribution in [0, 0.1) is 0 Å². The number of hydrogen-bond acceptors (Lipinski definition) is 3. The Kier molecular flexibility index (Phi) is 5.06. The number of carbonyl (C=O) groups excluding carboxylic acids is 1. The molecule has 0 radical (unpaired) electrons. The normalized spacial score (nSPS) is 10.5. The lowest BCUT2D eigenvalue weighted by molar-refractivity contribution is -0.121. The monoisotopic (exact) mass is 320 g/mol. The minimum atomic E-state index is 0.0405. The summed E-state index contributed by atoms with van der Waals surface area (Å²) in [5.41, 5.74) is 3.12. The van der Waals surface area contributed by atoms with E-state index in [4.69, 9.17) is 4.74 Å². The van der Waals surface area contributed by atoms with Crippen LogP contribution >= 0.6 is 0 Å². The number of benzene rings is 2. The van der Waals surface area contributed by atoms with Crippen molar-refractivity contribution in [1.29, 1.82) is 0 Å². The molecular weight excluding hydrogens is 300 g/mol. The van der Waals surface area contributed by atoms with Crippen molar-refractivity contribution in [2.24, 2.45) is 0 Å².